The van der Waals surface area contributed by atoms with Crippen LogP contribution in [0.25, 0.3) is 0 Å². The minimum atomic E-state index is -1.25. The minimum Gasteiger partial charge on any atom is -0.234 e. The molecule has 0 aliphatic carbocycles. The Bertz CT molecular complexity index is 580. The predicted octanol–water partition coefficient (Wildman–Crippen LogP) is 5.59. The number of hydrogen-bond acceptors (Lipinski definition) is 1. The summed E-state index contributed by atoms with van der Waals surface area (Å²) < 4.78 is 16.1. The summed E-state index contributed by atoms with van der Waals surface area (Å²) >= 11 is 6.40. The molecule has 0 aromatic heterocycles. The molecule has 0 radical (unpaired) electrons. The molecule has 124 valence electrons. The van der Waals surface area contributed by atoms with Gasteiger partial charge in [0.15, 0.2) is 0 Å². The van der Waals surface area contributed by atoms with E-state index in [9.17, 15) is 4.21 Å². The highest BCUT2D eigenvalue weighted by Gasteiger charge is 2.19. The van der Waals surface area contributed by atoms with Gasteiger partial charge in [0.2, 0.25) is 0 Å². The molecule has 1 aromatic carbocycles. The summed E-state index contributed by atoms with van der Waals surface area (Å²) in [5.74, 6) is 0. The van der Waals surface area contributed by atoms with E-state index in [-0.39, 0.29) is 4.75 Å². The molecule has 1 rings (SSSR count). The summed E-state index contributed by atoms with van der Waals surface area (Å²) in [6, 6.07) is 6.00. The fourth-order valence-corrected chi connectivity index (χ4v) is 2.70. The molecule has 1 atom stereocenters. The second-order valence-corrected chi connectivity index (χ2v) is 10.2. The first-order chi connectivity index (χ1) is 9.90. The zero-order valence-corrected chi connectivity index (χ0v) is 16.4. The highest BCUT2D eigenvalue weighted by atomic mass is 35.5. The number of nitrogens with zero attached hydrogens (tertiary/aromatic N) is 1. The number of hydrogen-bond donors (Lipinski definition) is 0. The maximum absolute atomic E-state index is 12.1. The predicted molar refractivity (Wildman–Crippen MR) is 99.3 cm³/mol. The lowest BCUT2D eigenvalue weighted by molar-refractivity contribution is 0.378. The van der Waals surface area contributed by atoms with Crippen molar-refractivity contribution in [1.82, 2.24) is 0 Å². The molecular weight excluding hydrogens is 314 g/mol. The zero-order valence-electron chi connectivity index (χ0n) is 14.8. The van der Waals surface area contributed by atoms with Gasteiger partial charge in [0, 0.05) is 5.02 Å². The summed E-state index contributed by atoms with van der Waals surface area (Å²) in [6.45, 7) is 14.3. The van der Waals surface area contributed by atoms with E-state index in [0.717, 1.165) is 34.7 Å². The number of benzene rings is 1. The molecule has 0 amide bonds. The fraction of sp³-hybridized carbons (Fsp3) is 0.611. The highest BCUT2D eigenvalue weighted by molar-refractivity contribution is 7.85. The fourth-order valence-electron chi connectivity index (χ4n) is 1.80. The van der Waals surface area contributed by atoms with Gasteiger partial charge in [-0.25, -0.2) is 4.21 Å². The molecule has 0 aliphatic rings. The van der Waals surface area contributed by atoms with E-state index in [0.29, 0.717) is 5.41 Å². The van der Waals surface area contributed by atoms with Gasteiger partial charge in [0.05, 0.1) is 10.5 Å². The van der Waals surface area contributed by atoms with Crippen LogP contribution in [-0.2, 0) is 17.4 Å². The molecule has 22 heavy (non-hydrogen) atoms. The summed E-state index contributed by atoms with van der Waals surface area (Å²) in [4.78, 5) is 0. The van der Waals surface area contributed by atoms with Gasteiger partial charge in [-0.15, -0.1) is 0 Å². The Hall–Kier alpha value is -0.670. The van der Waals surface area contributed by atoms with E-state index in [4.69, 9.17) is 11.6 Å². The monoisotopic (exact) mass is 341 g/mol. The molecule has 1 unspecified atom stereocenters. The highest BCUT2D eigenvalue weighted by Crippen LogP contribution is 2.26. The van der Waals surface area contributed by atoms with Gasteiger partial charge in [-0.1, -0.05) is 44.5 Å². The Morgan fingerprint density at radius 3 is 2.23 bits per heavy atom. The molecule has 4 heteroatoms. The molecule has 2 nitrogen and oxygen atoms in total. The second kappa shape index (κ2) is 7.27. The van der Waals surface area contributed by atoms with Gasteiger partial charge >= 0.3 is 0 Å². The lowest BCUT2D eigenvalue weighted by Crippen LogP contribution is -2.20. The van der Waals surface area contributed by atoms with Crippen LogP contribution in [0.3, 0.4) is 0 Å². The number of rotatable bonds is 4. The zero-order chi connectivity index (χ0) is 17.1. The Kier molecular flexibility index (Phi) is 6.40. The summed E-state index contributed by atoms with van der Waals surface area (Å²) in [5.41, 5.74) is 3.15. The molecule has 0 bridgehead atoms. The van der Waals surface area contributed by atoms with E-state index < -0.39 is 11.0 Å². The normalized spacial score (nSPS) is 15.0. The van der Waals surface area contributed by atoms with Crippen LogP contribution in [0.2, 0.25) is 5.02 Å². The molecule has 0 aliphatic heterocycles. The SMILES string of the molecule is C/C(=N\S(=O)C(C)(C)C)c1ccc(CCC(C)(C)C)c(Cl)c1. The van der Waals surface area contributed by atoms with Crippen LogP contribution in [0.1, 0.15) is 66.0 Å². The Labute approximate surface area is 143 Å². The van der Waals surface area contributed by atoms with Crippen molar-refractivity contribution in [3.8, 4) is 0 Å². The van der Waals surface area contributed by atoms with Gasteiger partial charge < -0.3 is 0 Å². The summed E-state index contributed by atoms with van der Waals surface area (Å²) in [6.07, 6.45) is 2.06. The van der Waals surface area contributed by atoms with Crippen molar-refractivity contribution in [1.29, 1.82) is 0 Å². The Morgan fingerprint density at radius 1 is 1.18 bits per heavy atom. The minimum absolute atomic E-state index is 0.295. The number of aryl methyl sites for hydroxylation is 1. The molecule has 0 saturated heterocycles. The van der Waals surface area contributed by atoms with E-state index in [1.807, 2.05) is 39.8 Å². The van der Waals surface area contributed by atoms with Crippen molar-refractivity contribution in [2.75, 3.05) is 0 Å². The van der Waals surface area contributed by atoms with Gasteiger partial charge in [-0.3, -0.25) is 0 Å². The quantitative estimate of drug-likeness (QED) is 0.656. The van der Waals surface area contributed by atoms with Gasteiger partial charge in [-0.05, 0) is 63.1 Å². The topological polar surface area (TPSA) is 29.4 Å². The van der Waals surface area contributed by atoms with Crippen molar-refractivity contribution >= 4 is 28.3 Å². The van der Waals surface area contributed by atoms with Crippen LogP contribution in [0.4, 0.5) is 0 Å². The second-order valence-electron chi connectivity index (χ2n) is 7.91. The van der Waals surface area contributed by atoms with Gasteiger partial charge in [0.25, 0.3) is 0 Å². The maximum Gasteiger partial charge on any atom is 0.145 e. The summed E-state index contributed by atoms with van der Waals surface area (Å²) in [5, 5.41) is 0.762. The number of halogens is 1. The largest absolute Gasteiger partial charge is 0.234 e. The van der Waals surface area contributed by atoms with Crippen molar-refractivity contribution < 1.29 is 4.21 Å². The molecule has 0 spiro atoms. The first-order valence-electron chi connectivity index (χ1n) is 7.66. The van der Waals surface area contributed by atoms with E-state index in [1.54, 1.807) is 0 Å². The van der Waals surface area contributed by atoms with Crippen molar-refractivity contribution in [3.05, 3.63) is 34.3 Å². The maximum atomic E-state index is 12.1. The van der Waals surface area contributed by atoms with Crippen molar-refractivity contribution in [3.63, 3.8) is 0 Å². The average molecular weight is 342 g/mol. The first kappa shape index (κ1) is 19.4. The lowest BCUT2D eigenvalue weighted by Gasteiger charge is -2.18. The Morgan fingerprint density at radius 2 is 1.77 bits per heavy atom. The van der Waals surface area contributed by atoms with Gasteiger partial charge in [0.1, 0.15) is 11.0 Å². The average Bonchev–Trinajstić information content (AvgIpc) is 2.34. The van der Waals surface area contributed by atoms with Crippen molar-refractivity contribution in [2.45, 2.75) is 66.1 Å². The smallest absolute Gasteiger partial charge is 0.145 e. The molecular formula is C18H28ClNOS. The van der Waals surface area contributed by atoms with Gasteiger partial charge in [-0.2, -0.15) is 4.40 Å². The third-order valence-electron chi connectivity index (χ3n) is 3.36. The lowest BCUT2D eigenvalue weighted by atomic mass is 9.88. The van der Waals surface area contributed by atoms with Crippen LogP contribution >= 0.6 is 11.6 Å². The molecule has 0 N–H and O–H groups in total. The van der Waals surface area contributed by atoms with E-state index in [2.05, 4.69) is 31.2 Å². The Balaban J connectivity index is 2.93. The third kappa shape index (κ3) is 6.21. The van der Waals surface area contributed by atoms with Crippen LogP contribution in [0, 0.1) is 5.41 Å². The standard InChI is InChI=1S/C18H28ClNOS/c1-13(20-22(21)18(5,6)7)15-9-8-14(16(19)12-15)10-11-17(2,3)4/h8-9,12H,10-11H2,1-7H3/b20-13+. The molecule has 0 heterocycles. The van der Waals surface area contributed by atoms with E-state index >= 15 is 0 Å². The van der Waals surface area contributed by atoms with Crippen molar-refractivity contribution in [2.24, 2.45) is 9.81 Å². The van der Waals surface area contributed by atoms with Crippen LogP contribution in [0.15, 0.2) is 22.6 Å². The molecule has 0 fully saturated rings. The van der Waals surface area contributed by atoms with E-state index in [1.165, 1.54) is 0 Å². The third-order valence-corrected chi connectivity index (χ3v) is 5.20. The molecule has 1 aromatic rings. The van der Waals surface area contributed by atoms with Crippen LogP contribution < -0.4 is 0 Å². The van der Waals surface area contributed by atoms with Crippen LogP contribution in [0.5, 0.6) is 0 Å². The van der Waals surface area contributed by atoms with Crippen LogP contribution in [-0.4, -0.2) is 14.7 Å². The first-order valence-corrected chi connectivity index (χ1v) is 9.15. The summed E-state index contributed by atoms with van der Waals surface area (Å²) in [7, 11) is -1.25. The molecule has 0 saturated carbocycles.